The molecule has 3 N–H and O–H groups in total. The van der Waals surface area contributed by atoms with Crippen molar-refractivity contribution >= 4 is 23.5 Å². The summed E-state index contributed by atoms with van der Waals surface area (Å²) in [5.41, 5.74) is 7.91. The minimum atomic E-state index is -0.537. The fourth-order valence-electron chi connectivity index (χ4n) is 2.67. The standard InChI is InChI=1S/C18H20N4O3/c1-12-15(19)7-8-16(20-12)22-10-14(9-17(22)23)21-18(24)25-11-13-5-3-2-4-6-13/h2-8,14H,9-11,19H2,1H3,(H,21,24). The number of amides is 2. The Bertz CT molecular complexity index is 779. The van der Waals surface area contributed by atoms with E-state index in [0.717, 1.165) is 5.56 Å². The zero-order chi connectivity index (χ0) is 17.8. The minimum Gasteiger partial charge on any atom is -0.445 e. The maximum atomic E-state index is 12.2. The predicted octanol–water partition coefficient (Wildman–Crippen LogP) is 2.00. The molecule has 2 amide bonds. The second-order valence-corrected chi connectivity index (χ2v) is 5.96. The van der Waals surface area contributed by atoms with E-state index in [9.17, 15) is 9.59 Å². The summed E-state index contributed by atoms with van der Waals surface area (Å²) in [7, 11) is 0. The van der Waals surface area contributed by atoms with Gasteiger partial charge in [0.1, 0.15) is 12.4 Å². The lowest BCUT2D eigenvalue weighted by Gasteiger charge is -2.17. The minimum absolute atomic E-state index is 0.0926. The number of aryl methyl sites for hydroxylation is 1. The average molecular weight is 340 g/mol. The van der Waals surface area contributed by atoms with Crippen LogP contribution < -0.4 is 16.0 Å². The fourth-order valence-corrected chi connectivity index (χ4v) is 2.67. The molecule has 0 aliphatic carbocycles. The van der Waals surface area contributed by atoms with Crippen molar-refractivity contribution in [2.75, 3.05) is 17.2 Å². The maximum absolute atomic E-state index is 12.2. The number of carbonyl (C=O) groups excluding carboxylic acids is 2. The van der Waals surface area contributed by atoms with E-state index in [1.54, 1.807) is 24.0 Å². The zero-order valence-electron chi connectivity index (χ0n) is 13.9. The molecule has 0 saturated carbocycles. The first kappa shape index (κ1) is 16.8. The van der Waals surface area contributed by atoms with E-state index >= 15 is 0 Å². The number of pyridine rings is 1. The first-order valence-corrected chi connectivity index (χ1v) is 8.03. The van der Waals surface area contributed by atoms with Crippen molar-refractivity contribution in [3.05, 3.63) is 53.7 Å². The highest BCUT2D eigenvalue weighted by atomic mass is 16.5. The number of aromatic nitrogens is 1. The van der Waals surface area contributed by atoms with E-state index in [0.29, 0.717) is 23.7 Å². The van der Waals surface area contributed by atoms with Crippen LogP contribution >= 0.6 is 0 Å². The van der Waals surface area contributed by atoms with Gasteiger partial charge >= 0.3 is 6.09 Å². The lowest BCUT2D eigenvalue weighted by Crippen LogP contribution is -2.37. The molecule has 1 atom stereocenters. The van der Waals surface area contributed by atoms with Gasteiger partial charge in [0.2, 0.25) is 5.91 Å². The van der Waals surface area contributed by atoms with Gasteiger partial charge in [0.05, 0.1) is 17.4 Å². The number of rotatable bonds is 4. The second kappa shape index (κ2) is 7.21. The van der Waals surface area contributed by atoms with E-state index in [-0.39, 0.29) is 25.0 Å². The summed E-state index contributed by atoms with van der Waals surface area (Å²) < 4.78 is 5.19. The molecule has 7 nitrogen and oxygen atoms in total. The van der Waals surface area contributed by atoms with Gasteiger partial charge in [-0.2, -0.15) is 0 Å². The molecule has 3 rings (SSSR count). The summed E-state index contributed by atoms with van der Waals surface area (Å²) in [5.74, 6) is 0.448. The Labute approximate surface area is 145 Å². The number of nitrogens with two attached hydrogens (primary N) is 1. The molecule has 2 aromatic rings. The van der Waals surface area contributed by atoms with Crippen molar-refractivity contribution in [1.82, 2.24) is 10.3 Å². The van der Waals surface area contributed by atoms with Crippen LogP contribution in [0, 0.1) is 6.92 Å². The number of nitrogens with zero attached hydrogens (tertiary/aromatic N) is 2. The van der Waals surface area contributed by atoms with Crippen LogP contribution in [-0.2, 0) is 16.1 Å². The Kier molecular flexibility index (Phi) is 4.83. The van der Waals surface area contributed by atoms with Gasteiger partial charge in [-0.25, -0.2) is 9.78 Å². The molecule has 130 valence electrons. The van der Waals surface area contributed by atoms with E-state index in [1.165, 1.54) is 0 Å². The number of hydrogen-bond acceptors (Lipinski definition) is 5. The summed E-state index contributed by atoms with van der Waals surface area (Å²) in [4.78, 5) is 30.0. The second-order valence-electron chi connectivity index (χ2n) is 5.96. The molecule has 1 saturated heterocycles. The Balaban J connectivity index is 1.55. The molecule has 0 spiro atoms. The first-order valence-electron chi connectivity index (χ1n) is 8.03. The third-order valence-electron chi connectivity index (χ3n) is 4.05. The summed E-state index contributed by atoms with van der Waals surface area (Å²) >= 11 is 0. The quantitative estimate of drug-likeness (QED) is 0.887. The van der Waals surface area contributed by atoms with Crippen molar-refractivity contribution < 1.29 is 14.3 Å². The van der Waals surface area contributed by atoms with Crippen LogP contribution in [0.25, 0.3) is 0 Å². The molecule has 7 heteroatoms. The highest BCUT2D eigenvalue weighted by molar-refractivity contribution is 5.96. The molecule has 1 aliphatic rings. The summed E-state index contributed by atoms with van der Waals surface area (Å²) in [6.07, 6.45) is -0.323. The van der Waals surface area contributed by atoms with Crippen molar-refractivity contribution in [2.24, 2.45) is 0 Å². The zero-order valence-corrected chi connectivity index (χ0v) is 13.9. The number of anilines is 2. The summed E-state index contributed by atoms with van der Waals surface area (Å²) in [5, 5.41) is 2.73. The van der Waals surface area contributed by atoms with E-state index < -0.39 is 6.09 Å². The number of nitrogen functional groups attached to an aromatic ring is 1. The Hall–Kier alpha value is -3.09. The SMILES string of the molecule is Cc1nc(N2CC(NC(=O)OCc3ccccc3)CC2=O)ccc1N. The van der Waals surface area contributed by atoms with Crippen LogP contribution in [-0.4, -0.2) is 29.6 Å². The molecule has 0 radical (unpaired) electrons. The van der Waals surface area contributed by atoms with Gasteiger partial charge in [-0.3, -0.25) is 9.69 Å². The van der Waals surface area contributed by atoms with E-state index in [2.05, 4.69) is 10.3 Å². The molecular formula is C18H20N4O3. The van der Waals surface area contributed by atoms with Crippen LogP contribution in [0.5, 0.6) is 0 Å². The number of carbonyl (C=O) groups is 2. The van der Waals surface area contributed by atoms with Crippen LogP contribution in [0.1, 0.15) is 17.7 Å². The number of ether oxygens (including phenoxy) is 1. The molecule has 25 heavy (non-hydrogen) atoms. The Morgan fingerprint density at radius 3 is 2.80 bits per heavy atom. The van der Waals surface area contributed by atoms with Crippen molar-refractivity contribution in [3.63, 3.8) is 0 Å². The number of benzene rings is 1. The number of nitrogens with one attached hydrogen (secondary N) is 1. The molecule has 1 fully saturated rings. The summed E-state index contributed by atoms with van der Waals surface area (Å²) in [6, 6.07) is 12.5. The highest BCUT2D eigenvalue weighted by Gasteiger charge is 2.32. The van der Waals surface area contributed by atoms with Crippen molar-refractivity contribution in [1.29, 1.82) is 0 Å². The first-order chi connectivity index (χ1) is 12.0. The topological polar surface area (TPSA) is 97.5 Å². The molecule has 1 aromatic carbocycles. The van der Waals surface area contributed by atoms with E-state index in [1.807, 2.05) is 30.3 Å². The molecule has 1 unspecified atom stereocenters. The fraction of sp³-hybridized carbons (Fsp3) is 0.278. The van der Waals surface area contributed by atoms with Gasteiger partial charge in [-0.1, -0.05) is 30.3 Å². The highest BCUT2D eigenvalue weighted by Crippen LogP contribution is 2.22. The Morgan fingerprint density at radius 1 is 1.32 bits per heavy atom. The lowest BCUT2D eigenvalue weighted by atomic mass is 10.2. The monoisotopic (exact) mass is 340 g/mol. The van der Waals surface area contributed by atoms with Gasteiger partial charge in [0, 0.05) is 13.0 Å². The van der Waals surface area contributed by atoms with Crippen LogP contribution in [0.2, 0.25) is 0 Å². The van der Waals surface area contributed by atoms with Gasteiger partial charge in [0.25, 0.3) is 0 Å². The summed E-state index contributed by atoms with van der Waals surface area (Å²) in [6.45, 7) is 2.33. The lowest BCUT2D eigenvalue weighted by molar-refractivity contribution is -0.117. The van der Waals surface area contributed by atoms with Crippen molar-refractivity contribution in [2.45, 2.75) is 26.0 Å². The van der Waals surface area contributed by atoms with Gasteiger partial charge in [0.15, 0.2) is 0 Å². The molecule has 0 bridgehead atoms. The molecule has 1 aromatic heterocycles. The van der Waals surface area contributed by atoms with Crippen LogP contribution in [0.15, 0.2) is 42.5 Å². The molecular weight excluding hydrogens is 320 g/mol. The number of alkyl carbamates (subject to hydrolysis) is 1. The largest absolute Gasteiger partial charge is 0.445 e. The maximum Gasteiger partial charge on any atom is 0.407 e. The Morgan fingerprint density at radius 2 is 2.08 bits per heavy atom. The number of hydrogen-bond donors (Lipinski definition) is 2. The van der Waals surface area contributed by atoms with Crippen molar-refractivity contribution in [3.8, 4) is 0 Å². The van der Waals surface area contributed by atoms with Crippen LogP contribution in [0.3, 0.4) is 0 Å². The third kappa shape index (κ3) is 4.06. The molecule has 1 aliphatic heterocycles. The third-order valence-corrected chi connectivity index (χ3v) is 4.05. The molecule has 2 heterocycles. The average Bonchev–Trinajstić information content (AvgIpc) is 2.96. The normalized spacial score (nSPS) is 16.8. The predicted molar refractivity (Wildman–Crippen MR) is 93.9 cm³/mol. The van der Waals surface area contributed by atoms with Gasteiger partial charge in [-0.15, -0.1) is 0 Å². The van der Waals surface area contributed by atoms with Gasteiger partial charge < -0.3 is 15.8 Å². The van der Waals surface area contributed by atoms with E-state index in [4.69, 9.17) is 10.5 Å². The smallest absolute Gasteiger partial charge is 0.407 e. The van der Waals surface area contributed by atoms with Gasteiger partial charge in [-0.05, 0) is 24.6 Å². The van der Waals surface area contributed by atoms with Crippen LogP contribution in [0.4, 0.5) is 16.3 Å².